The van der Waals surface area contributed by atoms with Gasteiger partial charge in [0.25, 0.3) is 6.43 Å². The fraction of sp³-hybridized carbons (Fsp3) is 0.500. The van der Waals surface area contributed by atoms with E-state index < -0.39 is 42.3 Å². The van der Waals surface area contributed by atoms with Crippen molar-refractivity contribution in [1.29, 1.82) is 0 Å². The van der Waals surface area contributed by atoms with Crippen LogP contribution in [0.15, 0.2) is 6.07 Å². The van der Waals surface area contributed by atoms with Crippen LogP contribution in [0.5, 0.6) is 5.75 Å². The van der Waals surface area contributed by atoms with Crippen LogP contribution < -0.4 is 4.74 Å². The van der Waals surface area contributed by atoms with Crippen LogP contribution in [0.25, 0.3) is 0 Å². The quantitative estimate of drug-likeness (QED) is 0.419. The Hall–Kier alpha value is -1.45. The zero-order chi connectivity index (χ0) is 16.9. The third kappa shape index (κ3) is 5.39. The largest absolute Gasteiger partial charge is 0.573 e. The number of hydrogen-bond acceptors (Lipinski definition) is 4. The molecule has 0 aliphatic rings. The molecule has 124 valence electrons. The Morgan fingerprint density at radius 3 is 2.50 bits per heavy atom. The van der Waals surface area contributed by atoms with Crippen molar-refractivity contribution in [2.75, 3.05) is 6.61 Å². The second-order valence-corrected chi connectivity index (χ2v) is 4.51. The van der Waals surface area contributed by atoms with Crippen LogP contribution in [0, 0.1) is 0 Å². The first-order valence-electron chi connectivity index (χ1n) is 5.96. The maximum atomic E-state index is 12.8. The van der Waals surface area contributed by atoms with Gasteiger partial charge in [0.1, 0.15) is 5.69 Å². The summed E-state index contributed by atoms with van der Waals surface area (Å²) in [5.74, 6) is -1.67. The monoisotopic (exact) mass is 391 g/mol. The number of rotatable bonds is 6. The minimum absolute atomic E-state index is 0.00582. The summed E-state index contributed by atoms with van der Waals surface area (Å²) in [6.45, 7) is 1.49. The number of nitrogens with zero attached hydrogens (tertiary/aromatic N) is 1. The highest BCUT2D eigenvalue weighted by molar-refractivity contribution is 9.08. The molecular weight excluding hydrogens is 381 g/mol. The molecule has 0 aromatic carbocycles. The smallest absolute Gasteiger partial charge is 0.466 e. The summed E-state index contributed by atoms with van der Waals surface area (Å²) in [5, 5.41) is -0.184. The van der Waals surface area contributed by atoms with E-state index in [1.54, 1.807) is 0 Å². The van der Waals surface area contributed by atoms with E-state index in [2.05, 4.69) is 30.4 Å². The van der Waals surface area contributed by atoms with Crippen LogP contribution in [-0.4, -0.2) is 23.9 Å². The first-order chi connectivity index (χ1) is 10.2. The summed E-state index contributed by atoms with van der Waals surface area (Å²) < 4.78 is 71.3. The molecule has 4 nitrogen and oxygen atoms in total. The summed E-state index contributed by atoms with van der Waals surface area (Å²) in [4.78, 5) is 14.8. The second-order valence-electron chi connectivity index (χ2n) is 3.95. The highest BCUT2D eigenvalue weighted by Crippen LogP contribution is 2.33. The Kier molecular flexibility index (Phi) is 6.51. The van der Waals surface area contributed by atoms with Gasteiger partial charge >= 0.3 is 12.3 Å². The minimum Gasteiger partial charge on any atom is -0.466 e. The van der Waals surface area contributed by atoms with Crippen LogP contribution in [0.4, 0.5) is 22.0 Å². The molecular formula is C12H11BrF5NO3. The molecule has 1 aromatic rings. The molecule has 0 spiro atoms. The third-order valence-corrected chi connectivity index (χ3v) is 2.95. The summed E-state index contributed by atoms with van der Waals surface area (Å²) >= 11 is 2.89. The van der Waals surface area contributed by atoms with E-state index >= 15 is 0 Å². The maximum absolute atomic E-state index is 12.8. The lowest BCUT2D eigenvalue weighted by atomic mass is 10.1. The lowest BCUT2D eigenvalue weighted by Gasteiger charge is -2.17. The number of alkyl halides is 6. The summed E-state index contributed by atoms with van der Waals surface area (Å²) in [6.07, 6.45) is -8.76. The number of ether oxygens (including phenoxy) is 2. The Labute approximate surface area is 130 Å². The van der Waals surface area contributed by atoms with Gasteiger partial charge < -0.3 is 9.47 Å². The number of hydrogen-bond donors (Lipinski definition) is 0. The number of esters is 1. The Balaban J connectivity index is 3.32. The fourth-order valence-electron chi connectivity index (χ4n) is 1.59. The Morgan fingerprint density at radius 2 is 2.05 bits per heavy atom. The zero-order valence-corrected chi connectivity index (χ0v) is 12.8. The summed E-state index contributed by atoms with van der Waals surface area (Å²) in [6, 6.07) is 0.787. The van der Waals surface area contributed by atoms with Gasteiger partial charge in [0.15, 0.2) is 5.75 Å². The molecule has 0 radical (unpaired) electrons. The molecule has 0 aliphatic heterocycles. The second kappa shape index (κ2) is 7.70. The van der Waals surface area contributed by atoms with Gasteiger partial charge in [-0.15, -0.1) is 13.2 Å². The molecule has 0 unspecified atom stereocenters. The minimum atomic E-state index is -5.05. The van der Waals surface area contributed by atoms with Gasteiger partial charge in [-0.25, -0.2) is 13.8 Å². The average molecular weight is 392 g/mol. The number of carbonyl (C=O) groups excluding carboxylic acids is 1. The summed E-state index contributed by atoms with van der Waals surface area (Å²) in [5.41, 5.74) is -1.49. The Bertz CT molecular complexity index is 536. The van der Waals surface area contributed by atoms with Crippen molar-refractivity contribution < 1.29 is 36.2 Å². The van der Waals surface area contributed by atoms with E-state index in [9.17, 15) is 26.7 Å². The predicted molar refractivity (Wildman–Crippen MR) is 68.8 cm³/mol. The van der Waals surface area contributed by atoms with E-state index in [1.807, 2.05) is 0 Å². The SMILES string of the molecule is CCOC(=O)Cc1nc(C(F)F)cc(CBr)c1OC(F)(F)F. The standard InChI is InChI=1S/C12H11BrF5NO3/c1-2-21-9(20)4-7-10(22-12(16,17)18)6(5-13)3-8(19-7)11(14)15/h3,11H,2,4-5H2,1H3. The van der Waals surface area contributed by atoms with E-state index in [0.717, 1.165) is 6.07 Å². The highest BCUT2D eigenvalue weighted by Gasteiger charge is 2.34. The van der Waals surface area contributed by atoms with Gasteiger partial charge in [-0.1, -0.05) is 15.9 Å². The molecule has 0 N–H and O–H groups in total. The third-order valence-electron chi connectivity index (χ3n) is 2.34. The molecule has 0 saturated carbocycles. The maximum Gasteiger partial charge on any atom is 0.573 e. The molecule has 0 fully saturated rings. The van der Waals surface area contributed by atoms with Gasteiger partial charge in [0, 0.05) is 10.9 Å². The molecule has 0 amide bonds. The van der Waals surface area contributed by atoms with Crippen LogP contribution in [0.1, 0.15) is 30.3 Å². The molecule has 0 saturated heterocycles. The van der Waals surface area contributed by atoms with E-state index in [1.165, 1.54) is 6.92 Å². The predicted octanol–water partition coefficient (Wildman–Crippen LogP) is 3.92. The average Bonchev–Trinajstić information content (AvgIpc) is 2.38. The lowest BCUT2D eigenvalue weighted by molar-refractivity contribution is -0.275. The van der Waals surface area contributed by atoms with Crippen LogP contribution in [-0.2, 0) is 21.3 Å². The van der Waals surface area contributed by atoms with Crippen molar-refractivity contribution in [2.45, 2.75) is 31.5 Å². The van der Waals surface area contributed by atoms with Gasteiger partial charge in [-0.3, -0.25) is 4.79 Å². The van der Waals surface area contributed by atoms with Crippen molar-refractivity contribution in [2.24, 2.45) is 0 Å². The Morgan fingerprint density at radius 1 is 1.41 bits per heavy atom. The zero-order valence-electron chi connectivity index (χ0n) is 11.2. The summed E-state index contributed by atoms with van der Waals surface area (Å²) in [7, 11) is 0. The van der Waals surface area contributed by atoms with E-state index in [4.69, 9.17) is 0 Å². The van der Waals surface area contributed by atoms with E-state index in [-0.39, 0.29) is 17.5 Å². The fourth-order valence-corrected chi connectivity index (χ4v) is 2.00. The van der Waals surface area contributed by atoms with Crippen molar-refractivity contribution in [3.05, 3.63) is 23.0 Å². The first kappa shape index (κ1) is 18.6. The van der Waals surface area contributed by atoms with Crippen molar-refractivity contribution in [1.82, 2.24) is 4.98 Å². The normalized spacial score (nSPS) is 11.6. The molecule has 1 rings (SSSR count). The molecule has 0 aliphatic carbocycles. The van der Waals surface area contributed by atoms with Gasteiger partial charge in [-0.2, -0.15) is 0 Å². The molecule has 22 heavy (non-hydrogen) atoms. The topological polar surface area (TPSA) is 48.4 Å². The van der Waals surface area contributed by atoms with Crippen molar-refractivity contribution in [3.63, 3.8) is 0 Å². The first-order valence-corrected chi connectivity index (χ1v) is 7.08. The molecule has 1 aromatic heterocycles. The van der Waals surface area contributed by atoms with Gasteiger partial charge in [-0.05, 0) is 13.0 Å². The van der Waals surface area contributed by atoms with Crippen LogP contribution >= 0.6 is 15.9 Å². The number of halogens is 6. The molecule has 0 atom stereocenters. The van der Waals surface area contributed by atoms with Gasteiger partial charge in [0.2, 0.25) is 0 Å². The number of pyridine rings is 1. The van der Waals surface area contributed by atoms with Gasteiger partial charge in [0.05, 0.1) is 18.7 Å². The highest BCUT2D eigenvalue weighted by atomic mass is 79.9. The van der Waals surface area contributed by atoms with Crippen molar-refractivity contribution in [3.8, 4) is 5.75 Å². The lowest BCUT2D eigenvalue weighted by Crippen LogP contribution is -2.21. The van der Waals surface area contributed by atoms with E-state index in [0.29, 0.717) is 0 Å². The van der Waals surface area contributed by atoms with Crippen LogP contribution in [0.3, 0.4) is 0 Å². The number of aromatic nitrogens is 1. The number of carbonyl (C=O) groups is 1. The molecule has 10 heteroatoms. The molecule has 0 bridgehead atoms. The van der Waals surface area contributed by atoms with Crippen LogP contribution in [0.2, 0.25) is 0 Å². The van der Waals surface area contributed by atoms with Crippen molar-refractivity contribution >= 4 is 21.9 Å². The molecule has 1 heterocycles.